The van der Waals surface area contributed by atoms with E-state index in [1.54, 1.807) is 23.9 Å². The zero-order valence-corrected chi connectivity index (χ0v) is 18.1. The van der Waals surface area contributed by atoms with Gasteiger partial charge in [-0.05, 0) is 99.0 Å². The molecule has 156 valence electrons. The van der Waals surface area contributed by atoms with E-state index in [0.717, 1.165) is 49.2 Å². The van der Waals surface area contributed by atoms with E-state index in [2.05, 4.69) is 6.92 Å². The van der Waals surface area contributed by atoms with Crippen LogP contribution < -0.4 is 0 Å². The molecule has 5 rings (SSSR count). The molecular formula is C25H32O3S. The van der Waals surface area contributed by atoms with Crippen molar-refractivity contribution < 1.29 is 15.0 Å². The lowest BCUT2D eigenvalue weighted by molar-refractivity contribution is -0.117. The smallest absolute Gasteiger partial charge is 0.155 e. The van der Waals surface area contributed by atoms with E-state index in [1.165, 1.54) is 18.4 Å². The average Bonchev–Trinajstić information content (AvgIpc) is 2.98. The van der Waals surface area contributed by atoms with Gasteiger partial charge in [0.25, 0.3) is 0 Å². The van der Waals surface area contributed by atoms with Crippen molar-refractivity contribution in [3.05, 3.63) is 35.9 Å². The van der Waals surface area contributed by atoms with Crippen LogP contribution in [0.5, 0.6) is 5.75 Å². The van der Waals surface area contributed by atoms with E-state index < -0.39 is 5.60 Å². The highest BCUT2D eigenvalue weighted by atomic mass is 32.2. The summed E-state index contributed by atoms with van der Waals surface area (Å²) in [6.45, 7) is 2.36. The molecule has 0 radical (unpaired) electrons. The summed E-state index contributed by atoms with van der Waals surface area (Å²) in [5, 5.41) is 21.3. The minimum atomic E-state index is -0.621. The first-order chi connectivity index (χ1) is 13.9. The van der Waals surface area contributed by atoms with E-state index >= 15 is 0 Å². The van der Waals surface area contributed by atoms with Crippen molar-refractivity contribution in [3.8, 4) is 5.75 Å². The van der Waals surface area contributed by atoms with Crippen LogP contribution in [0.1, 0.15) is 58.3 Å². The molecule has 0 bridgehead atoms. The second-order valence-corrected chi connectivity index (χ2v) is 11.2. The number of phenols is 1. The van der Waals surface area contributed by atoms with Gasteiger partial charge in [0.05, 0.1) is 5.60 Å². The van der Waals surface area contributed by atoms with Crippen LogP contribution in [0, 0.1) is 29.1 Å². The number of carbonyl (C=O) groups excluding carboxylic acids is 1. The van der Waals surface area contributed by atoms with Crippen molar-refractivity contribution in [3.63, 3.8) is 0 Å². The van der Waals surface area contributed by atoms with Gasteiger partial charge < -0.3 is 10.2 Å². The molecule has 0 spiro atoms. The number of rotatable bonds is 3. The first-order valence-electron chi connectivity index (χ1n) is 11.3. The second kappa shape index (κ2) is 7.16. The van der Waals surface area contributed by atoms with Crippen LogP contribution in [0.25, 0.3) is 0 Å². The molecule has 3 nitrogen and oxygen atoms in total. The molecule has 1 aromatic carbocycles. The largest absolute Gasteiger partial charge is 0.508 e. The van der Waals surface area contributed by atoms with Crippen molar-refractivity contribution in [1.29, 1.82) is 0 Å². The molecule has 6 atom stereocenters. The summed E-state index contributed by atoms with van der Waals surface area (Å²) >= 11 is 1.72. The second-order valence-electron chi connectivity index (χ2n) is 10.1. The maximum absolute atomic E-state index is 11.9. The predicted molar refractivity (Wildman–Crippen MR) is 116 cm³/mol. The molecule has 3 saturated carbocycles. The number of carbonyl (C=O) groups is 1. The molecular weight excluding hydrogens is 380 g/mol. The minimum Gasteiger partial charge on any atom is -0.508 e. The molecule has 0 aliphatic heterocycles. The maximum atomic E-state index is 11.9. The van der Waals surface area contributed by atoms with Gasteiger partial charge in [-0.1, -0.05) is 12.5 Å². The number of hydrogen-bond donors (Lipinski definition) is 2. The van der Waals surface area contributed by atoms with E-state index in [1.807, 2.05) is 18.2 Å². The Bertz CT molecular complexity index is 831. The van der Waals surface area contributed by atoms with Crippen LogP contribution in [0.2, 0.25) is 0 Å². The Kier molecular flexibility index (Phi) is 4.86. The van der Waals surface area contributed by atoms with Crippen molar-refractivity contribution in [2.45, 2.75) is 68.8 Å². The summed E-state index contributed by atoms with van der Waals surface area (Å²) in [5.74, 6) is 3.99. The fourth-order valence-electron chi connectivity index (χ4n) is 7.27. The molecule has 0 heterocycles. The lowest BCUT2D eigenvalue weighted by atomic mass is 9.51. The van der Waals surface area contributed by atoms with Crippen LogP contribution in [-0.4, -0.2) is 27.4 Å². The number of aromatic hydroxyl groups is 1. The highest BCUT2D eigenvalue weighted by molar-refractivity contribution is 7.99. The third-order valence-corrected chi connectivity index (χ3v) is 10.2. The van der Waals surface area contributed by atoms with Gasteiger partial charge in [0.15, 0.2) is 5.78 Å². The molecule has 0 amide bonds. The summed E-state index contributed by atoms with van der Waals surface area (Å²) in [7, 11) is 0. The van der Waals surface area contributed by atoms with Gasteiger partial charge in [0.1, 0.15) is 5.75 Å². The quantitative estimate of drug-likeness (QED) is 0.657. The Morgan fingerprint density at radius 2 is 1.83 bits per heavy atom. The molecule has 3 fully saturated rings. The zero-order valence-electron chi connectivity index (χ0n) is 17.3. The highest BCUT2D eigenvalue weighted by Gasteiger charge is 2.62. The van der Waals surface area contributed by atoms with Crippen LogP contribution in [0.3, 0.4) is 0 Å². The molecule has 1 aromatic rings. The number of fused-ring (bicyclic) bond motifs is 5. The van der Waals surface area contributed by atoms with E-state index in [4.69, 9.17) is 0 Å². The van der Waals surface area contributed by atoms with Gasteiger partial charge in [0, 0.05) is 22.5 Å². The van der Waals surface area contributed by atoms with Crippen molar-refractivity contribution in [2.75, 3.05) is 5.75 Å². The number of hydrogen-bond acceptors (Lipinski definition) is 4. The Morgan fingerprint density at radius 3 is 2.62 bits per heavy atom. The average molecular weight is 413 g/mol. The van der Waals surface area contributed by atoms with Crippen molar-refractivity contribution in [2.24, 2.45) is 29.1 Å². The first kappa shape index (κ1) is 19.7. The number of thioether (sulfide) groups is 1. The third kappa shape index (κ3) is 3.18. The lowest BCUT2D eigenvalue weighted by Gasteiger charge is -2.55. The summed E-state index contributed by atoms with van der Waals surface area (Å²) in [6.07, 6.45) is 10.4. The Morgan fingerprint density at radius 1 is 1.03 bits per heavy atom. The Balaban J connectivity index is 1.34. The standard InChI is InChI=1S/C25H32O3S/c1-24-12-10-21-20-9-5-18(27)14-16(20)2-8-22(21)23(24)11-13-25(24,28)15-29-19-6-3-17(26)4-7-19/h3-4,6-7,14,20-23,26,28H,2,5,8-13,15H2,1H3/t20-,21+,22+,23-,24-,25+/m0/s1. The van der Waals surface area contributed by atoms with Gasteiger partial charge in [-0.25, -0.2) is 0 Å². The number of allylic oxidation sites excluding steroid dienone is 1. The molecule has 0 aromatic heterocycles. The fraction of sp³-hybridized carbons (Fsp3) is 0.640. The van der Waals surface area contributed by atoms with Crippen LogP contribution in [-0.2, 0) is 4.79 Å². The molecule has 4 aliphatic carbocycles. The monoisotopic (exact) mass is 412 g/mol. The van der Waals surface area contributed by atoms with Gasteiger partial charge in [-0.15, -0.1) is 11.8 Å². The topological polar surface area (TPSA) is 57.5 Å². The predicted octanol–water partition coefficient (Wildman–Crippen LogP) is 5.36. The maximum Gasteiger partial charge on any atom is 0.155 e. The number of aliphatic hydroxyl groups is 1. The third-order valence-electron chi connectivity index (χ3n) is 8.94. The van der Waals surface area contributed by atoms with E-state index in [-0.39, 0.29) is 11.2 Å². The summed E-state index contributed by atoms with van der Waals surface area (Å²) in [4.78, 5) is 13.0. The van der Waals surface area contributed by atoms with E-state index in [0.29, 0.717) is 29.5 Å². The van der Waals surface area contributed by atoms with E-state index in [9.17, 15) is 15.0 Å². The number of benzene rings is 1. The lowest BCUT2D eigenvalue weighted by Crippen LogP contribution is -2.53. The van der Waals surface area contributed by atoms with Gasteiger partial charge in [0.2, 0.25) is 0 Å². The molecule has 4 heteroatoms. The fourth-order valence-corrected chi connectivity index (χ4v) is 8.48. The van der Waals surface area contributed by atoms with Gasteiger partial charge in [-0.2, -0.15) is 0 Å². The summed E-state index contributed by atoms with van der Waals surface area (Å²) in [5.41, 5.74) is 0.801. The number of ketones is 1. The summed E-state index contributed by atoms with van der Waals surface area (Å²) < 4.78 is 0. The number of phenolic OH excluding ortho intramolecular Hbond substituents is 1. The highest BCUT2D eigenvalue weighted by Crippen LogP contribution is 2.65. The molecule has 4 aliphatic rings. The van der Waals surface area contributed by atoms with Gasteiger partial charge in [-0.3, -0.25) is 4.79 Å². The van der Waals surface area contributed by atoms with Crippen molar-refractivity contribution in [1.82, 2.24) is 0 Å². The Hall–Kier alpha value is -1.26. The van der Waals surface area contributed by atoms with Crippen molar-refractivity contribution >= 4 is 17.5 Å². The zero-order chi connectivity index (χ0) is 20.2. The van der Waals surface area contributed by atoms with Crippen LogP contribution in [0.4, 0.5) is 0 Å². The minimum absolute atomic E-state index is 0.0101. The SMILES string of the molecule is C[C@]12CC[C@H]3[C@@H](CCC4=CC(=O)CC[C@@H]43)[C@@H]1CC[C@@]2(O)CSc1ccc(O)cc1. The van der Waals surface area contributed by atoms with Crippen LogP contribution >= 0.6 is 11.8 Å². The first-order valence-corrected chi connectivity index (χ1v) is 12.3. The molecule has 2 N–H and O–H groups in total. The Labute approximate surface area is 178 Å². The van der Waals surface area contributed by atoms with Crippen LogP contribution in [0.15, 0.2) is 40.8 Å². The molecule has 0 saturated heterocycles. The molecule has 0 unspecified atom stereocenters. The molecule has 29 heavy (non-hydrogen) atoms. The normalized spacial score (nSPS) is 41.3. The summed E-state index contributed by atoms with van der Waals surface area (Å²) in [6, 6.07) is 7.32. The van der Waals surface area contributed by atoms with Gasteiger partial charge >= 0.3 is 0 Å².